The molecule has 0 radical (unpaired) electrons. The molecule has 2 aromatic carbocycles. The van der Waals surface area contributed by atoms with Gasteiger partial charge in [0.1, 0.15) is 22.8 Å². The van der Waals surface area contributed by atoms with E-state index >= 15 is 0 Å². The van der Waals surface area contributed by atoms with Gasteiger partial charge in [0.2, 0.25) is 0 Å². The first kappa shape index (κ1) is 21.0. The molecule has 1 amide bonds. The largest absolute Gasteiger partial charge is 0.497 e. The minimum absolute atomic E-state index is 0.114. The predicted octanol–water partition coefficient (Wildman–Crippen LogP) is 4.83. The van der Waals surface area contributed by atoms with E-state index in [4.69, 9.17) is 14.2 Å². The molecule has 2 atom stereocenters. The first-order valence-electron chi connectivity index (χ1n) is 10.3. The van der Waals surface area contributed by atoms with Gasteiger partial charge < -0.3 is 19.5 Å². The van der Waals surface area contributed by atoms with Crippen molar-refractivity contribution in [2.45, 2.75) is 64.7 Å². The highest BCUT2D eigenvalue weighted by Crippen LogP contribution is 2.41. The van der Waals surface area contributed by atoms with E-state index < -0.39 is 11.7 Å². The number of benzene rings is 2. The first-order chi connectivity index (χ1) is 13.8. The van der Waals surface area contributed by atoms with E-state index in [9.17, 15) is 4.79 Å². The third-order valence-electron chi connectivity index (χ3n) is 5.27. The fourth-order valence-electron chi connectivity index (χ4n) is 3.64. The van der Waals surface area contributed by atoms with Gasteiger partial charge in [-0.3, -0.25) is 4.79 Å². The van der Waals surface area contributed by atoms with Gasteiger partial charge >= 0.3 is 0 Å². The van der Waals surface area contributed by atoms with Gasteiger partial charge in [0.05, 0.1) is 13.2 Å². The average molecular weight is 398 g/mol. The second-order valence-electron chi connectivity index (χ2n) is 8.04. The van der Waals surface area contributed by atoms with Crippen LogP contribution in [0, 0.1) is 0 Å². The Morgan fingerprint density at radius 1 is 1.17 bits per heavy atom. The van der Waals surface area contributed by atoms with Crippen LogP contribution >= 0.6 is 0 Å². The van der Waals surface area contributed by atoms with E-state index in [2.05, 4.69) is 12.2 Å². The van der Waals surface area contributed by atoms with Crippen LogP contribution in [-0.4, -0.2) is 24.7 Å². The molecule has 2 aromatic rings. The van der Waals surface area contributed by atoms with E-state index in [0.29, 0.717) is 18.6 Å². The molecule has 0 saturated heterocycles. The van der Waals surface area contributed by atoms with Gasteiger partial charge in [0, 0.05) is 18.1 Å². The zero-order valence-electron chi connectivity index (χ0n) is 18.0. The van der Waals surface area contributed by atoms with Gasteiger partial charge in [0.25, 0.3) is 5.91 Å². The van der Waals surface area contributed by atoms with Crippen LogP contribution in [-0.2, 0) is 11.2 Å². The Bertz CT molecular complexity index is 844. The van der Waals surface area contributed by atoms with Crippen LogP contribution in [0.25, 0.3) is 0 Å². The van der Waals surface area contributed by atoms with E-state index in [1.54, 1.807) is 7.11 Å². The van der Waals surface area contributed by atoms with E-state index in [1.807, 2.05) is 63.2 Å². The summed E-state index contributed by atoms with van der Waals surface area (Å²) in [6.45, 7) is 8.12. The van der Waals surface area contributed by atoms with Crippen molar-refractivity contribution in [1.29, 1.82) is 0 Å². The van der Waals surface area contributed by atoms with Gasteiger partial charge in [-0.1, -0.05) is 26.0 Å². The SMILES string of the molecule is CCc1ccc(O[C@@H](CC)C(=O)N[C@@H]2CC(C)(C)Oc3cc(OC)ccc32)cc1. The number of carbonyl (C=O) groups is 1. The highest BCUT2D eigenvalue weighted by atomic mass is 16.5. The molecule has 0 bridgehead atoms. The molecule has 5 nitrogen and oxygen atoms in total. The topological polar surface area (TPSA) is 56.8 Å². The van der Waals surface area contributed by atoms with E-state index in [1.165, 1.54) is 5.56 Å². The summed E-state index contributed by atoms with van der Waals surface area (Å²) >= 11 is 0. The van der Waals surface area contributed by atoms with Crippen molar-refractivity contribution in [3.8, 4) is 17.2 Å². The van der Waals surface area contributed by atoms with Crippen molar-refractivity contribution in [1.82, 2.24) is 5.32 Å². The van der Waals surface area contributed by atoms with Crippen LogP contribution in [0.15, 0.2) is 42.5 Å². The molecule has 1 N–H and O–H groups in total. The zero-order valence-corrected chi connectivity index (χ0v) is 18.0. The Balaban J connectivity index is 1.75. The summed E-state index contributed by atoms with van der Waals surface area (Å²) in [5, 5.41) is 3.18. The monoisotopic (exact) mass is 397 g/mol. The van der Waals surface area contributed by atoms with Crippen molar-refractivity contribution in [2.75, 3.05) is 7.11 Å². The number of hydrogen-bond donors (Lipinski definition) is 1. The Kier molecular flexibility index (Phi) is 6.36. The molecule has 156 valence electrons. The lowest BCUT2D eigenvalue weighted by atomic mass is 9.89. The number of amides is 1. The summed E-state index contributed by atoms with van der Waals surface area (Å²) in [5.41, 5.74) is 1.81. The molecule has 1 aliphatic heterocycles. The van der Waals surface area contributed by atoms with Crippen molar-refractivity contribution in [3.63, 3.8) is 0 Å². The number of fused-ring (bicyclic) bond motifs is 1. The molecule has 1 aliphatic rings. The lowest BCUT2D eigenvalue weighted by Gasteiger charge is -2.38. The zero-order chi connectivity index (χ0) is 21.0. The Morgan fingerprint density at radius 3 is 2.48 bits per heavy atom. The summed E-state index contributed by atoms with van der Waals surface area (Å²) in [6, 6.07) is 13.5. The summed E-state index contributed by atoms with van der Waals surface area (Å²) in [4.78, 5) is 13.0. The number of methoxy groups -OCH3 is 1. The molecule has 0 unspecified atom stereocenters. The van der Waals surface area contributed by atoms with Gasteiger partial charge in [0.15, 0.2) is 6.10 Å². The third-order valence-corrected chi connectivity index (χ3v) is 5.27. The molecule has 1 heterocycles. The quantitative estimate of drug-likeness (QED) is 0.727. The van der Waals surface area contributed by atoms with E-state index in [-0.39, 0.29) is 11.9 Å². The molecule has 0 saturated carbocycles. The molecule has 0 spiro atoms. The van der Waals surface area contributed by atoms with Crippen LogP contribution in [0.5, 0.6) is 17.2 Å². The van der Waals surface area contributed by atoms with Crippen LogP contribution in [0.2, 0.25) is 0 Å². The van der Waals surface area contributed by atoms with Crippen LogP contribution in [0.1, 0.15) is 57.7 Å². The maximum absolute atomic E-state index is 13.0. The summed E-state index contributed by atoms with van der Waals surface area (Å²) in [5.74, 6) is 2.07. The summed E-state index contributed by atoms with van der Waals surface area (Å²) in [6.07, 6.45) is 1.69. The average Bonchev–Trinajstić information content (AvgIpc) is 2.70. The number of aryl methyl sites for hydroxylation is 1. The molecule has 5 heteroatoms. The van der Waals surface area contributed by atoms with Crippen LogP contribution in [0.3, 0.4) is 0 Å². The second-order valence-corrected chi connectivity index (χ2v) is 8.04. The fourth-order valence-corrected chi connectivity index (χ4v) is 3.64. The van der Waals surface area contributed by atoms with Crippen molar-refractivity contribution >= 4 is 5.91 Å². The molecular formula is C24H31NO4. The molecule has 3 rings (SSSR count). The highest BCUT2D eigenvalue weighted by Gasteiger charge is 2.36. The number of rotatable bonds is 7. The van der Waals surface area contributed by atoms with Gasteiger partial charge in [-0.15, -0.1) is 0 Å². The Labute approximate surface area is 173 Å². The first-order valence-corrected chi connectivity index (χ1v) is 10.3. The number of nitrogens with one attached hydrogen (secondary N) is 1. The normalized spacial score (nSPS) is 18.2. The Hall–Kier alpha value is -2.69. The van der Waals surface area contributed by atoms with Crippen molar-refractivity contribution < 1.29 is 19.0 Å². The predicted molar refractivity (Wildman–Crippen MR) is 114 cm³/mol. The third kappa shape index (κ3) is 5.03. The van der Waals surface area contributed by atoms with Crippen molar-refractivity contribution in [3.05, 3.63) is 53.6 Å². The lowest BCUT2D eigenvalue weighted by Crippen LogP contribution is -2.45. The number of ether oxygens (including phenoxy) is 3. The maximum Gasteiger partial charge on any atom is 0.261 e. The second kappa shape index (κ2) is 8.76. The lowest BCUT2D eigenvalue weighted by molar-refractivity contribution is -0.129. The van der Waals surface area contributed by atoms with Crippen LogP contribution < -0.4 is 19.5 Å². The summed E-state index contributed by atoms with van der Waals surface area (Å²) < 4.78 is 17.4. The maximum atomic E-state index is 13.0. The molecule has 0 fully saturated rings. The van der Waals surface area contributed by atoms with E-state index in [0.717, 1.165) is 23.5 Å². The van der Waals surface area contributed by atoms with Gasteiger partial charge in [-0.25, -0.2) is 0 Å². The minimum atomic E-state index is -0.546. The summed E-state index contributed by atoms with van der Waals surface area (Å²) in [7, 11) is 1.63. The molecule has 0 aliphatic carbocycles. The molecular weight excluding hydrogens is 366 g/mol. The number of carbonyl (C=O) groups excluding carboxylic acids is 1. The van der Waals surface area contributed by atoms with Crippen LogP contribution in [0.4, 0.5) is 0 Å². The molecule has 29 heavy (non-hydrogen) atoms. The standard InChI is InChI=1S/C24H31NO4/c1-6-16-8-10-17(11-9-16)28-21(7-2)23(26)25-20-15-24(3,4)29-22-14-18(27-5)12-13-19(20)22/h8-14,20-21H,6-7,15H2,1-5H3,(H,25,26)/t20-,21+/m1/s1. The fraction of sp³-hybridized carbons (Fsp3) is 0.458. The van der Waals surface area contributed by atoms with Gasteiger partial charge in [-0.2, -0.15) is 0 Å². The highest BCUT2D eigenvalue weighted by molar-refractivity contribution is 5.81. The minimum Gasteiger partial charge on any atom is -0.497 e. The van der Waals surface area contributed by atoms with Crippen molar-refractivity contribution in [2.24, 2.45) is 0 Å². The smallest absolute Gasteiger partial charge is 0.261 e. The molecule has 0 aromatic heterocycles. The number of hydrogen-bond acceptors (Lipinski definition) is 4. The Morgan fingerprint density at radius 2 is 1.86 bits per heavy atom. The van der Waals surface area contributed by atoms with Gasteiger partial charge in [-0.05, 0) is 56.5 Å².